The van der Waals surface area contributed by atoms with Gasteiger partial charge in [0, 0.05) is 24.2 Å². The highest BCUT2D eigenvalue weighted by molar-refractivity contribution is 6.34. The molecule has 0 aliphatic heterocycles. The van der Waals surface area contributed by atoms with Crippen molar-refractivity contribution in [2.24, 2.45) is 0 Å². The molecule has 0 saturated carbocycles. The van der Waals surface area contributed by atoms with E-state index >= 15 is 0 Å². The second-order valence-electron chi connectivity index (χ2n) is 5.80. The molecular weight excluding hydrogens is 384 g/mol. The molecular formula is C18H17ClN6O3. The maximum absolute atomic E-state index is 12.2. The Kier molecular flexibility index (Phi) is 5.85. The van der Waals surface area contributed by atoms with Gasteiger partial charge in [-0.3, -0.25) is 9.59 Å². The van der Waals surface area contributed by atoms with Crippen LogP contribution in [0.5, 0.6) is 5.75 Å². The molecule has 2 N–H and O–H groups in total. The topological polar surface area (TPSA) is 111 Å². The molecule has 0 unspecified atom stereocenters. The minimum Gasteiger partial charge on any atom is -0.497 e. The minimum absolute atomic E-state index is 0.109. The second kappa shape index (κ2) is 8.49. The summed E-state index contributed by atoms with van der Waals surface area (Å²) in [5.74, 6) is 0.418. The van der Waals surface area contributed by atoms with Crippen molar-refractivity contribution in [1.82, 2.24) is 20.2 Å². The van der Waals surface area contributed by atoms with Gasteiger partial charge in [-0.25, -0.2) is 0 Å². The number of nitrogens with zero attached hydrogens (tertiary/aromatic N) is 4. The standard InChI is InChI=1S/C18H17ClN6O3/c1-11(26)20-16-7-6-12(8-15(16)19)18-22-24-25(23-18)10-17(27)21-13-4-3-5-14(9-13)28-2/h3-9H,10H2,1-2H3,(H,20,26)(H,21,27). The molecule has 28 heavy (non-hydrogen) atoms. The summed E-state index contributed by atoms with van der Waals surface area (Å²) in [7, 11) is 1.55. The zero-order chi connectivity index (χ0) is 20.1. The molecule has 0 fully saturated rings. The van der Waals surface area contributed by atoms with Gasteiger partial charge in [-0.2, -0.15) is 4.80 Å². The molecule has 1 aromatic heterocycles. The summed E-state index contributed by atoms with van der Waals surface area (Å²) < 4.78 is 5.12. The lowest BCUT2D eigenvalue weighted by Gasteiger charge is -2.06. The largest absolute Gasteiger partial charge is 0.497 e. The SMILES string of the molecule is COc1cccc(NC(=O)Cn2nnc(-c3ccc(NC(C)=O)c(Cl)c3)n2)c1. The summed E-state index contributed by atoms with van der Waals surface area (Å²) in [6.45, 7) is 1.29. The molecule has 9 nitrogen and oxygen atoms in total. The molecule has 144 valence electrons. The molecule has 10 heteroatoms. The number of hydrogen-bond donors (Lipinski definition) is 2. The lowest BCUT2D eigenvalue weighted by Crippen LogP contribution is -2.20. The molecule has 0 bridgehead atoms. The molecule has 2 aromatic carbocycles. The number of amides is 2. The number of tetrazole rings is 1. The van der Waals surface area contributed by atoms with E-state index < -0.39 is 0 Å². The van der Waals surface area contributed by atoms with Crippen LogP contribution in [0.4, 0.5) is 11.4 Å². The second-order valence-corrected chi connectivity index (χ2v) is 6.21. The first-order chi connectivity index (χ1) is 13.4. The van der Waals surface area contributed by atoms with Gasteiger partial charge in [0.2, 0.25) is 17.6 Å². The monoisotopic (exact) mass is 400 g/mol. The molecule has 0 atom stereocenters. The van der Waals surface area contributed by atoms with Crippen LogP contribution >= 0.6 is 11.6 Å². The Morgan fingerprint density at radius 2 is 2.00 bits per heavy atom. The van der Waals surface area contributed by atoms with Gasteiger partial charge in [0.15, 0.2) is 0 Å². The maximum atomic E-state index is 12.2. The number of ether oxygens (including phenoxy) is 1. The van der Waals surface area contributed by atoms with E-state index in [1.54, 1.807) is 49.6 Å². The summed E-state index contributed by atoms with van der Waals surface area (Å²) in [5, 5.41) is 17.7. The third kappa shape index (κ3) is 4.83. The molecule has 0 aliphatic carbocycles. The molecule has 3 rings (SSSR count). The third-order valence-corrected chi connectivity index (χ3v) is 3.94. The molecule has 1 heterocycles. The van der Waals surface area contributed by atoms with Gasteiger partial charge in [-0.15, -0.1) is 10.2 Å². The van der Waals surface area contributed by atoms with E-state index in [9.17, 15) is 9.59 Å². The fourth-order valence-electron chi connectivity index (χ4n) is 2.40. The van der Waals surface area contributed by atoms with E-state index in [1.165, 1.54) is 11.7 Å². The summed E-state index contributed by atoms with van der Waals surface area (Å²) in [6.07, 6.45) is 0. The van der Waals surface area contributed by atoms with Gasteiger partial charge >= 0.3 is 0 Å². The number of hydrogen-bond acceptors (Lipinski definition) is 6. The zero-order valence-corrected chi connectivity index (χ0v) is 15.9. The summed E-state index contributed by atoms with van der Waals surface area (Å²) >= 11 is 6.16. The number of carbonyl (C=O) groups is 2. The van der Waals surface area contributed by atoms with E-state index in [2.05, 4.69) is 26.0 Å². The van der Waals surface area contributed by atoms with Gasteiger partial charge in [-0.05, 0) is 35.5 Å². The van der Waals surface area contributed by atoms with Crippen LogP contribution in [-0.2, 0) is 16.1 Å². The highest BCUT2D eigenvalue weighted by Crippen LogP contribution is 2.27. The zero-order valence-electron chi connectivity index (χ0n) is 15.1. The Bertz CT molecular complexity index is 1020. The van der Waals surface area contributed by atoms with E-state index in [-0.39, 0.29) is 18.4 Å². The van der Waals surface area contributed by atoms with Crippen molar-refractivity contribution in [3.05, 3.63) is 47.5 Å². The molecule has 3 aromatic rings. The summed E-state index contributed by atoms with van der Waals surface area (Å²) in [5.41, 5.74) is 1.70. The van der Waals surface area contributed by atoms with Crippen LogP contribution in [0.25, 0.3) is 11.4 Å². The Morgan fingerprint density at radius 1 is 1.18 bits per heavy atom. The number of nitrogens with one attached hydrogen (secondary N) is 2. The smallest absolute Gasteiger partial charge is 0.248 e. The lowest BCUT2D eigenvalue weighted by molar-refractivity contribution is -0.117. The van der Waals surface area contributed by atoms with E-state index in [0.29, 0.717) is 33.5 Å². The Labute approximate surface area is 165 Å². The molecule has 0 spiro atoms. The average molecular weight is 401 g/mol. The van der Waals surface area contributed by atoms with Crippen LogP contribution in [0.3, 0.4) is 0 Å². The van der Waals surface area contributed by atoms with Crippen molar-refractivity contribution in [1.29, 1.82) is 0 Å². The number of anilines is 2. The van der Waals surface area contributed by atoms with Crippen LogP contribution < -0.4 is 15.4 Å². The van der Waals surface area contributed by atoms with Crippen molar-refractivity contribution in [2.45, 2.75) is 13.5 Å². The van der Waals surface area contributed by atoms with Crippen LogP contribution in [0.2, 0.25) is 5.02 Å². The average Bonchev–Trinajstić information content (AvgIpc) is 3.11. The van der Waals surface area contributed by atoms with Crippen LogP contribution in [0.1, 0.15) is 6.92 Å². The van der Waals surface area contributed by atoms with Crippen molar-refractivity contribution < 1.29 is 14.3 Å². The van der Waals surface area contributed by atoms with Crippen molar-refractivity contribution >= 4 is 34.8 Å². The van der Waals surface area contributed by atoms with Crippen molar-refractivity contribution in [2.75, 3.05) is 17.7 Å². The molecule has 0 radical (unpaired) electrons. The van der Waals surface area contributed by atoms with E-state index in [1.807, 2.05) is 0 Å². The number of rotatable bonds is 6. The number of halogens is 1. The van der Waals surface area contributed by atoms with Gasteiger partial charge in [-0.1, -0.05) is 17.7 Å². The van der Waals surface area contributed by atoms with Gasteiger partial charge in [0.05, 0.1) is 17.8 Å². The van der Waals surface area contributed by atoms with Crippen LogP contribution in [0, 0.1) is 0 Å². The quantitative estimate of drug-likeness (QED) is 0.657. The first-order valence-corrected chi connectivity index (χ1v) is 8.61. The minimum atomic E-state index is -0.309. The fourth-order valence-corrected chi connectivity index (χ4v) is 2.63. The number of benzene rings is 2. The van der Waals surface area contributed by atoms with Gasteiger partial charge in [0.1, 0.15) is 12.3 Å². The highest BCUT2D eigenvalue weighted by atomic mass is 35.5. The van der Waals surface area contributed by atoms with E-state index in [0.717, 1.165) is 0 Å². The van der Waals surface area contributed by atoms with Gasteiger partial charge < -0.3 is 15.4 Å². The van der Waals surface area contributed by atoms with Gasteiger partial charge in [0.25, 0.3) is 0 Å². The Hall–Kier alpha value is -3.46. The first kappa shape index (κ1) is 19.3. The Balaban J connectivity index is 1.67. The molecule has 2 amide bonds. The lowest BCUT2D eigenvalue weighted by atomic mass is 10.2. The van der Waals surface area contributed by atoms with Crippen molar-refractivity contribution in [3.63, 3.8) is 0 Å². The Morgan fingerprint density at radius 3 is 2.71 bits per heavy atom. The van der Waals surface area contributed by atoms with Crippen LogP contribution in [-0.4, -0.2) is 39.1 Å². The number of methoxy groups -OCH3 is 1. The van der Waals surface area contributed by atoms with E-state index in [4.69, 9.17) is 16.3 Å². The van der Waals surface area contributed by atoms with Crippen molar-refractivity contribution in [3.8, 4) is 17.1 Å². The van der Waals surface area contributed by atoms with Crippen LogP contribution in [0.15, 0.2) is 42.5 Å². The summed E-state index contributed by atoms with van der Waals surface area (Å²) in [4.78, 5) is 24.5. The molecule has 0 aliphatic rings. The molecule has 0 saturated heterocycles. The maximum Gasteiger partial charge on any atom is 0.248 e. The predicted octanol–water partition coefficient (Wildman–Crippen LogP) is 2.60. The third-order valence-electron chi connectivity index (χ3n) is 3.63. The highest BCUT2D eigenvalue weighted by Gasteiger charge is 2.12. The fraction of sp³-hybridized carbons (Fsp3) is 0.167. The predicted molar refractivity (Wildman–Crippen MR) is 104 cm³/mol. The first-order valence-electron chi connectivity index (χ1n) is 8.24. The number of carbonyl (C=O) groups excluding carboxylic acids is 2. The summed E-state index contributed by atoms with van der Waals surface area (Å²) in [6, 6.07) is 12.0. The number of aromatic nitrogens is 4. The normalized spacial score (nSPS) is 10.4.